The van der Waals surface area contributed by atoms with E-state index in [1.54, 1.807) is 11.0 Å². The molecule has 1 amide bonds. The van der Waals surface area contributed by atoms with Crippen LogP contribution in [0.15, 0.2) is 95.6 Å². The normalized spacial score (nSPS) is 13.3. The SMILES string of the molecule is O=C(OCc1ccccc1)N1CCN(c2ccc(-c3ccc(Br)nc3OCc3ccccc3)cc2F)CC1. The molecule has 0 atom stereocenters. The van der Waals surface area contributed by atoms with Crippen molar-refractivity contribution in [2.45, 2.75) is 13.2 Å². The fourth-order valence-corrected chi connectivity index (χ4v) is 4.64. The number of amides is 1. The molecule has 0 bridgehead atoms. The molecule has 38 heavy (non-hydrogen) atoms. The number of benzene rings is 3. The minimum absolute atomic E-state index is 0.234. The minimum atomic E-state index is -0.352. The number of rotatable bonds is 7. The standard InChI is InChI=1S/C30H27BrFN3O3/c31-28-14-12-25(29(33-28)37-20-22-7-3-1-4-8-22)24-11-13-27(26(32)19-24)34-15-17-35(18-16-34)30(36)38-21-23-9-5-2-6-10-23/h1-14,19H,15-18,20-21H2. The second-order valence-corrected chi connectivity index (χ2v) is 9.75. The van der Waals surface area contributed by atoms with E-state index in [1.165, 1.54) is 6.07 Å². The predicted octanol–water partition coefficient (Wildman–Crippen LogP) is 6.69. The summed E-state index contributed by atoms with van der Waals surface area (Å²) >= 11 is 3.40. The second kappa shape index (κ2) is 12.1. The van der Waals surface area contributed by atoms with Gasteiger partial charge in [0, 0.05) is 31.7 Å². The molecule has 1 aromatic heterocycles. The molecule has 194 valence electrons. The van der Waals surface area contributed by atoms with Crippen LogP contribution in [0, 0.1) is 5.82 Å². The first kappa shape index (κ1) is 25.7. The lowest BCUT2D eigenvalue weighted by molar-refractivity contribution is 0.0941. The number of carbonyl (C=O) groups excluding carboxylic acids is 1. The molecule has 2 heterocycles. The average molecular weight is 576 g/mol. The van der Waals surface area contributed by atoms with Gasteiger partial charge in [0.2, 0.25) is 5.88 Å². The largest absolute Gasteiger partial charge is 0.472 e. The van der Waals surface area contributed by atoms with Crippen LogP contribution in [0.5, 0.6) is 5.88 Å². The van der Waals surface area contributed by atoms with Crippen LogP contribution in [-0.2, 0) is 18.0 Å². The van der Waals surface area contributed by atoms with E-state index in [1.807, 2.05) is 83.8 Å². The molecule has 5 rings (SSSR count). The number of nitrogens with zero attached hydrogens (tertiary/aromatic N) is 3. The third-order valence-corrected chi connectivity index (χ3v) is 6.83. The summed E-state index contributed by atoms with van der Waals surface area (Å²) in [4.78, 5) is 20.6. The van der Waals surface area contributed by atoms with Crippen LogP contribution in [0.4, 0.5) is 14.9 Å². The Morgan fingerprint density at radius 1 is 0.842 bits per heavy atom. The van der Waals surface area contributed by atoms with Crippen LogP contribution in [0.1, 0.15) is 11.1 Å². The van der Waals surface area contributed by atoms with Crippen LogP contribution >= 0.6 is 15.9 Å². The van der Waals surface area contributed by atoms with E-state index < -0.39 is 0 Å². The molecule has 0 spiro atoms. The fourth-order valence-electron chi connectivity index (χ4n) is 4.34. The molecule has 4 aromatic rings. The van der Waals surface area contributed by atoms with Crippen LogP contribution in [0.2, 0.25) is 0 Å². The Kier molecular flexibility index (Phi) is 8.19. The summed E-state index contributed by atoms with van der Waals surface area (Å²) in [7, 11) is 0. The first-order chi connectivity index (χ1) is 18.6. The maximum absolute atomic E-state index is 15.3. The highest BCUT2D eigenvalue weighted by atomic mass is 79.9. The molecule has 8 heteroatoms. The molecule has 1 aliphatic heterocycles. The van der Waals surface area contributed by atoms with Gasteiger partial charge in [0.1, 0.15) is 23.6 Å². The molecule has 0 saturated carbocycles. The van der Waals surface area contributed by atoms with E-state index in [4.69, 9.17) is 9.47 Å². The molecule has 3 aromatic carbocycles. The fraction of sp³-hybridized carbons (Fsp3) is 0.200. The van der Waals surface area contributed by atoms with E-state index in [2.05, 4.69) is 20.9 Å². The molecular formula is C30H27BrFN3O3. The molecule has 1 aliphatic rings. The zero-order chi connectivity index (χ0) is 26.3. The lowest BCUT2D eigenvalue weighted by Crippen LogP contribution is -2.49. The van der Waals surface area contributed by atoms with Gasteiger partial charge in [0.25, 0.3) is 0 Å². The van der Waals surface area contributed by atoms with Crippen LogP contribution in [-0.4, -0.2) is 42.2 Å². The Morgan fingerprint density at radius 2 is 1.50 bits per heavy atom. The third kappa shape index (κ3) is 6.31. The Morgan fingerprint density at radius 3 is 2.16 bits per heavy atom. The third-order valence-electron chi connectivity index (χ3n) is 6.39. The topological polar surface area (TPSA) is 54.9 Å². The van der Waals surface area contributed by atoms with E-state index in [0.29, 0.717) is 60.1 Å². The first-order valence-electron chi connectivity index (χ1n) is 12.4. The molecule has 0 radical (unpaired) electrons. The highest BCUT2D eigenvalue weighted by molar-refractivity contribution is 9.10. The van der Waals surface area contributed by atoms with E-state index in [9.17, 15) is 4.79 Å². The molecule has 0 aliphatic carbocycles. The lowest BCUT2D eigenvalue weighted by Gasteiger charge is -2.35. The lowest BCUT2D eigenvalue weighted by atomic mass is 10.1. The molecule has 0 unspecified atom stereocenters. The molecule has 0 N–H and O–H groups in total. The zero-order valence-corrected chi connectivity index (χ0v) is 22.3. The van der Waals surface area contributed by atoms with Gasteiger partial charge in [-0.05, 0) is 56.9 Å². The maximum Gasteiger partial charge on any atom is 0.410 e. The number of halogens is 2. The van der Waals surface area contributed by atoms with Crippen molar-refractivity contribution >= 4 is 27.7 Å². The Bertz CT molecular complexity index is 1380. The van der Waals surface area contributed by atoms with Crippen molar-refractivity contribution in [1.82, 2.24) is 9.88 Å². The molecular weight excluding hydrogens is 549 g/mol. The van der Waals surface area contributed by atoms with Gasteiger partial charge < -0.3 is 19.3 Å². The van der Waals surface area contributed by atoms with Crippen molar-refractivity contribution in [3.05, 3.63) is 113 Å². The summed E-state index contributed by atoms with van der Waals surface area (Å²) in [5.41, 5.74) is 3.85. The van der Waals surface area contributed by atoms with Crippen molar-refractivity contribution in [3.8, 4) is 17.0 Å². The van der Waals surface area contributed by atoms with Crippen LogP contribution in [0.3, 0.4) is 0 Å². The summed E-state index contributed by atoms with van der Waals surface area (Å²) < 4.78 is 27.4. The van der Waals surface area contributed by atoms with Gasteiger partial charge in [-0.3, -0.25) is 0 Å². The van der Waals surface area contributed by atoms with Gasteiger partial charge in [-0.25, -0.2) is 14.2 Å². The van der Waals surface area contributed by atoms with Gasteiger partial charge in [-0.1, -0.05) is 66.7 Å². The number of aromatic nitrogens is 1. The average Bonchev–Trinajstić information content (AvgIpc) is 2.96. The number of hydrogen-bond donors (Lipinski definition) is 0. The Labute approximate surface area is 229 Å². The van der Waals surface area contributed by atoms with Crippen molar-refractivity contribution in [3.63, 3.8) is 0 Å². The summed E-state index contributed by atoms with van der Waals surface area (Å²) in [5.74, 6) is 0.0949. The van der Waals surface area contributed by atoms with Gasteiger partial charge in [-0.15, -0.1) is 0 Å². The summed E-state index contributed by atoms with van der Waals surface area (Å²) in [6.45, 7) is 2.55. The highest BCUT2D eigenvalue weighted by Gasteiger charge is 2.24. The molecule has 1 saturated heterocycles. The van der Waals surface area contributed by atoms with Crippen molar-refractivity contribution in [2.75, 3.05) is 31.1 Å². The van der Waals surface area contributed by atoms with E-state index >= 15 is 4.39 Å². The van der Waals surface area contributed by atoms with Gasteiger partial charge in [0.15, 0.2) is 0 Å². The Hall–Kier alpha value is -3.91. The van der Waals surface area contributed by atoms with Gasteiger partial charge in [0.05, 0.1) is 5.69 Å². The van der Waals surface area contributed by atoms with E-state index in [0.717, 1.165) is 11.1 Å². The quantitative estimate of drug-likeness (QED) is 0.230. The van der Waals surface area contributed by atoms with Crippen LogP contribution in [0.25, 0.3) is 11.1 Å². The van der Waals surface area contributed by atoms with Crippen molar-refractivity contribution < 1.29 is 18.7 Å². The molecule has 6 nitrogen and oxygen atoms in total. The highest BCUT2D eigenvalue weighted by Crippen LogP contribution is 2.33. The second-order valence-electron chi connectivity index (χ2n) is 8.94. The van der Waals surface area contributed by atoms with Crippen molar-refractivity contribution in [2.24, 2.45) is 0 Å². The number of hydrogen-bond acceptors (Lipinski definition) is 5. The van der Waals surface area contributed by atoms with E-state index in [-0.39, 0.29) is 18.5 Å². The molecule has 1 fully saturated rings. The number of anilines is 1. The van der Waals surface area contributed by atoms with Crippen molar-refractivity contribution in [1.29, 1.82) is 0 Å². The Balaban J connectivity index is 1.22. The first-order valence-corrected chi connectivity index (χ1v) is 13.2. The van der Waals surface area contributed by atoms with Crippen LogP contribution < -0.4 is 9.64 Å². The zero-order valence-electron chi connectivity index (χ0n) is 20.7. The predicted molar refractivity (Wildman–Crippen MR) is 149 cm³/mol. The monoisotopic (exact) mass is 575 g/mol. The number of pyridine rings is 1. The summed E-state index contributed by atoms with van der Waals surface area (Å²) in [6, 6.07) is 28.2. The number of carbonyl (C=O) groups is 1. The smallest absolute Gasteiger partial charge is 0.410 e. The summed E-state index contributed by atoms with van der Waals surface area (Å²) in [5, 5.41) is 0. The number of ether oxygens (including phenoxy) is 2. The number of piperazine rings is 1. The van der Waals surface area contributed by atoms with Gasteiger partial charge in [-0.2, -0.15) is 0 Å². The summed E-state index contributed by atoms with van der Waals surface area (Å²) in [6.07, 6.45) is -0.352. The minimum Gasteiger partial charge on any atom is -0.472 e. The van der Waals surface area contributed by atoms with Gasteiger partial charge >= 0.3 is 6.09 Å². The maximum atomic E-state index is 15.3.